The first kappa shape index (κ1) is 26.8. The number of pyridine rings is 2. The number of piperidine rings is 1. The Balaban J connectivity index is 1.54. The van der Waals surface area contributed by atoms with Crippen molar-refractivity contribution in [3.63, 3.8) is 0 Å². The number of hydrogen-bond acceptors (Lipinski definition) is 9. The van der Waals surface area contributed by atoms with Gasteiger partial charge in [-0.1, -0.05) is 5.21 Å². The highest BCUT2D eigenvalue weighted by Crippen LogP contribution is 2.33. The number of hydrogen-bond donors (Lipinski definition) is 0. The van der Waals surface area contributed by atoms with Gasteiger partial charge >= 0.3 is 6.36 Å². The SMILES string of the molecule is Cc1c(-c2cc(OC(COC(F)(F)F)c3ccc(F)cn3)n3c(C#N)cnc3c2)nnn1C1CCN(C#N)CC1. The Hall–Kier alpha value is -4.76. The average molecular weight is 555 g/mol. The quantitative estimate of drug-likeness (QED) is 0.245. The van der Waals surface area contributed by atoms with Crippen LogP contribution in [0.5, 0.6) is 5.88 Å². The van der Waals surface area contributed by atoms with Crippen LogP contribution in [0, 0.1) is 35.5 Å². The number of imidazole rings is 1. The topological polar surface area (TPSA) is 130 Å². The van der Waals surface area contributed by atoms with E-state index in [0.29, 0.717) is 37.2 Å². The molecule has 1 unspecified atom stereocenters. The molecule has 1 atom stereocenters. The number of rotatable bonds is 7. The highest BCUT2D eigenvalue weighted by molar-refractivity contribution is 5.68. The molecular formula is C25H21F4N9O2. The van der Waals surface area contributed by atoms with Crippen molar-refractivity contribution in [3.8, 4) is 29.4 Å². The molecule has 15 heteroatoms. The zero-order chi connectivity index (χ0) is 28.4. The maximum atomic E-state index is 13.5. The van der Waals surface area contributed by atoms with Gasteiger partial charge in [-0.15, -0.1) is 18.3 Å². The zero-order valence-corrected chi connectivity index (χ0v) is 21.0. The first-order valence-electron chi connectivity index (χ1n) is 12.1. The number of likely N-dealkylation sites (tertiary alicyclic amines) is 1. The van der Waals surface area contributed by atoms with E-state index >= 15 is 0 Å². The van der Waals surface area contributed by atoms with Gasteiger partial charge in [-0.3, -0.25) is 14.1 Å². The molecule has 0 saturated carbocycles. The molecular weight excluding hydrogens is 534 g/mol. The zero-order valence-electron chi connectivity index (χ0n) is 21.0. The Morgan fingerprint density at radius 3 is 2.55 bits per heavy atom. The first-order valence-corrected chi connectivity index (χ1v) is 12.1. The van der Waals surface area contributed by atoms with Crippen LogP contribution in [0.4, 0.5) is 17.6 Å². The molecule has 4 aromatic heterocycles. The maximum Gasteiger partial charge on any atom is 0.522 e. The van der Waals surface area contributed by atoms with E-state index in [4.69, 9.17) is 10.00 Å². The summed E-state index contributed by atoms with van der Waals surface area (Å²) >= 11 is 0. The van der Waals surface area contributed by atoms with Crippen LogP contribution in [0.25, 0.3) is 16.9 Å². The van der Waals surface area contributed by atoms with Crippen LogP contribution in [0.3, 0.4) is 0 Å². The number of nitrogens with zero attached hydrogens (tertiary/aromatic N) is 9. The molecule has 0 bridgehead atoms. The fraction of sp³-hybridized carbons (Fsp3) is 0.360. The van der Waals surface area contributed by atoms with Crippen molar-refractivity contribution in [1.29, 1.82) is 10.5 Å². The number of nitriles is 2. The summed E-state index contributed by atoms with van der Waals surface area (Å²) in [4.78, 5) is 9.79. The smallest absolute Gasteiger partial charge is 0.466 e. The third-order valence-electron chi connectivity index (χ3n) is 6.58. The third-order valence-corrected chi connectivity index (χ3v) is 6.58. The normalized spacial score (nSPS) is 15.1. The second-order valence-electron chi connectivity index (χ2n) is 9.08. The molecule has 4 aromatic rings. The lowest BCUT2D eigenvalue weighted by Crippen LogP contribution is -2.31. The van der Waals surface area contributed by atoms with E-state index in [1.807, 2.05) is 13.0 Å². The van der Waals surface area contributed by atoms with Gasteiger partial charge in [0.15, 0.2) is 12.3 Å². The van der Waals surface area contributed by atoms with E-state index in [1.54, 1.807) is 15.6 Å². The molecule has 5 rings (SSSR count). The summed E-state index contributed by atoms with van der Waals surface area (Å²) in [5.41, 5.74) is 2.05. The van der Waals surface area contributed by atoms with Crippen LogP contribution in [0.15, 0.2) is 36.7 Å². The van der Waals surface area contributed by atoms with Crippen LogP contribution < -0.4 is 4.74 Å². The van der Waals surface area contributed by atoms with Crippen molar-refractivity contribution in [2.24, 2.45) is 0 Å². The summed E-state index contributed by atoms with van der Waals surface area (Å²) in [6.07, 6.45) is -0.652. The van der Waals surface area contributed by atoms with Crippen molar-refractivity contribution in [3.05, 3.63) is 59.6 Å². The lowest BCUT2D eigenvalue weighted by atomic mass is 10.0. The van der Waals surface area contributed by atoms with E-state index in [9.17, 15) is 22.8 Å². The van der Waals surface area contributed by atoms with Crippen molar-refractivity contribution < 1.29 is 27.0 Å². The molecule has 1 saturated heterocycles. The summed E-state index contributed by atoms with van der Waals surface area (Å²) in [5, 5.41) is 27.4. The van der Waals surface area contributed by atoms with E-state index in [2.05, 4.69) is 31.2 Å². The molecule has 0 amide bonds. The van der Waals surface area contributed by atoms with Gasteiger partial charge in [-0.25, -0.2) is 14.1 Å². The number of aromatic nitrogens is 6. The second kappa shape index (κ2) is 10.8. The molecule has 5 heterocycles. The van der Waals surface area contributed by atoms with Gasteiger partial charge in [0.25, 0.3) is 0 Å². The molecule has 11 nitrogen and oxygen atoms in total. The van der Waals surface area contributed by atoms with Crippen molar-refractivity contribution in [2.45, 2.75) is 38.3 Å². The largest absolute Gasteiger partial charge is 0.522 e. The summed E-state index contributed by atoms with van der Waals surface area (Å²) in [6, 6.07) is 7.41. The number of ether oxygens (including phenoxy) is 2. The fourth-order valence-electron chi connectivity index (χ4n) is 4.62. The standard InChI is InChI=1S/C25H21F4N9O2/c1-15-24(34-35-38(15)18-4-6-36(14-31)7-5-18)16-8-22-33-12-19(10-30)37(22)23(9-16)40-21(13-39-25(27,28)29)20-3-2-17(26)11-32-20/h2-3,8-9,11-12,18,21H,4-7,13H2,1H3. The third kappa shape index (κ3) is 5.50. The molecule has 40 heavy (non-hydrogen) atoms. The predicted molar refractivity (Wildman–Crippen MR) is 129 cm³/mol. The molecule has 0 aliphatic carbocycles. The summed E-state index contributed by atoms with van der Waals surface area (Å²) < 4.78 is 65.4. The summed E-state index contributed by atoms with van der Waals surface area (Å²) in [7, 11) is 0. The van der Waals surface area contributed by atoms with Crippen molar-refractivity contribution >= 4 is 5.65 Å². The minimum atomic E-state index is -4.95. The lowest BCUT2D eigenvalue weighted by molar-refractivity contribution is -0.330. The molecule has 1 aliphatic rings. The Kier molecular flexibility index (Phi) is 7.23. The van der Waals surface area contributed by atoms with Crippen molar-refractivity contribution in [2.75, 3.05) is 19.7 Å². The summed E-state index contributed by atoms with van der Waals surface area (Å²) in [5.74, 6) is -0.707. The Labute approximate surface area is 224 Å². The highest BCUT2D eigenvalue weighted by atomic mass is 19.4. The number of alkyl halides is 3. The van der Waals surface area contributed by atoms with Crippen LogP contribution in [0.2, 0.25) is 0 Å². The van der Waals surface area contributed by atoms with Gasteiger partial charge in [0, 0.05) is 24.7 Å². The van der Waals surface area contributed by atoms with Crippen LogP contribution >= 0.6 is 0 Å². The number of halogens is 4. The maximum absolute atomic E-state index is 13.5. The molecule has 1 fully saturated rings. The Morgan fingerprint density at radius 1 is 1.12 bits per heavy atom. The van der Waals surface area contributed by atoms with Gasteiger partial charge in [-0.05, 0) is 38.0 Å². The van der Waals surface area contributed by atoms with E-state index in [0.717, 1.165) is 18.0 Å². The van der Waals surface area contributed by atoms with Crippen LogP contribution in [-0.4, -0.2) is 60.3 Å². The highest BCUT2D eigenvalue weighted by Gasteiger charge is 2.32. The molecule has 0 radical (unpaired) electrons. The molecule has 0 spiro atoms. The minimum Gasteiger partial charge on any atom is -0.466 e. The van der Waals surface area contributed by atoms with Gasteiger partial charge in [0.2, 0.25) is 5.88 Å². The first-order chi connectivity index (χ1) is 19.2. The molecule has 0 aromatic carbocycles. The Morgan fingerprint density at radius 2 is 1.90 bits per heavy atom. The van der Waals surface area contributed by atoms with Crippen LogP contribution in [0.1, 0.15) is 42.1 Å². The number of fused-ring (bicyclic) bond motifs is 1. The molecule has 1 aliphatic heterocycles. The minimum absolute atomic E-state index is 0.0198. The van der Waals surface area contributed by atoms with Gasteiger partial charge < -0.3 is 9.64 Å². The predicted octanol–water partition coefficient (Wildman–Crippen LogP) is 4.08. The Bertz CT molecular complexity index is 1590. The van der Waals surface area contributed by atoms with E-state index in [-0.39, 0.29) is 29.0 Å². The molecule has 0 N–H and O–H groups in total. The van der Waals surface area contributed by atoms with Crippen LogP contribution in [-0.2, 0) is 4.74 Å². The monoisotopic (exact) mass is 555 g/mol. The average Bonchev–Trinajstić information content (AvgIpc) is 3.54. The lowest BCUT2D eigenvalue weighted by Gasteiger charge is -2.28. The second-order valence-corrected chi connectivity index (χ2v) is 9.08. The van der Waals surface area contributed by atoms with E-state index < -0.39 is 24.9 Å². The van der Waals surface area contributed by atoms with E-state index in [1.165, 1.54) is 22.7 Å². The van der Waals surface area contributed by atoms with Gasteiger partial charge in [0.1, 0.15) is 28.9 Å². The molecule has 206 valence electrons. The van der Waals surface area contributed by atoms with Crippen molar-refractivity contribution in [1.82, 2.24) is 34.3 Å². The fourth-order valence-corrected chi connectivity index (χ4v) is 4.62. The van der Waals surface area contributed by atoms with Gasteiger partial charge in [-0.2, -0.15) is 10.5 Å². The van der Waals surface area contributed by atoms with Gasteiger partial charge in [0.05, 0.1) is 36.4 Å². The summed E-state index contributed by atoms with van der Waals surface area (Å²) in [6.45, 7) is 2.06.